The third-order valence-corrected chi connectivity index (χ3v) is 6.87. The molecule has 1 aliphatic carbocycles. The molecule has 5 rings (SSSR count). The SMILES string of the molecule is Cc1c(Nc2cc(N3CC[C@@](C#N)(C4CC4)C3=O)ccn2)cncc1C(=O)N[C@H]1CCOC1. The van der Waals surface area contributed by atoms with E-state index in [2.05, 4.69) is 26.7 Å². The molecule has 9 heteroatoms. The summed E-state index contributed by atoms with van der Waals surface area (Å²) in [7, 11) is 0. The third kappa shape index (κ3) is 3.91. The maximum atomic E-state index is 13.1. The Hall–Kier alpha value is -3.51. The first-order chi connectivity index (χ1) is 16.0. The molecule has 2 N–H and O–H groups in total. The Morgan fingerprint density at radius 2 is 2.18 bits per heavy atom. The van der Waals surface area contributed by atoms with E-state index in [9.17, 15) is 14.9 Å². The molecule has 33 heavy (non-hydrogen) atoms. The number of rotatable bonds is 6. The summed E-state index contributed by atoms with van der Waals surface area (Å²) in [6.45, 7) is 3.56. The molecule has 0 spiro atoms. The van der Waals surface area contributed by atoms with Crippen molar-refractivity contribution in [1.29, 1.82) is 5.26 Å². The monoisotopic (exact) mass is 446 g/mol. The maximum absolute atomic E-state index is 13.1. The van der Waals surface area contributed by atoms with Crippen LogP contribution in [0.25, 0.3) is 0 Å². The van der Waals surface area contributed by atoms with E-state index in [1.165, 1.54) is 0 Å². The van der Waals surface area contributed by atoms with Crippen LogP contribution in [0, 0.1) is 29.6 Å². The number of nitrogens with one attached hydrogen (secondary N) is 2. The van der Waals surface area contributed by atoms with Gasteiger partial charge in [0, 0.05) is 37.3 Å². The fourth-order valence-corrected chi connectivity index (χ4v) is 4.72. The van der Waals surface area contributed by atoms with Crippen LogP contribution in [0.4, 0.5) is 17.2 Å². The highest BCUT2D eigenvalue weighted by Gasteiger charge is 2.56. The van der Waals surface area contributed by atoms with Gasteiger partial charge in [0.1, 0.15) is 11.2 Å². The van der Waals surface area contributed by atoms with Gasteiger partial charge in [-0.25, -0.2) is 4.98 Å². The first-order valence-corrected chi connectivity index (χ1v) is 11.3. The molecule has 170 valence electrons. The van der Waals surface area contributed by atoms with Gasteiger partial charge in [0.25, 0.3) is 5.91 Å². The average molecular weight is 447 g/mol. The lowest BCUT2D eigenvalue weighted by Gasteiger charge is -2.21. The van der Waals surface area contributed by atoms with Gasteiger partial charge in [-0.1, -0.05) is 0 Å². The van der Waals surface area contributed by atoms with E-state index in [0.717, 1.165) is 24.8 Å². The standard InChI is InChI=1S/C24H26N6O3/c1-15-19(22(31)28-17-5-9-33-13-17)11-26-12-20(15)29-21-10-18(4-7-27-21)30-8-6-24(14-25,23(30)32)16-2-3-16/h4,7,10-12,16-17H,2-3,5-6,8-9,13H2,1H3,(H,27,29)(H,28,31)/t17-,24+/m0/s1. The minimum Gasteiger partial charge on any atom is -0.379 e. The van der Waals surface area contributed by atoms with Crippen LogP contribution in [0.15, 0.2) is 30.7 Å². The number of hydrogen-bond donors (Lipinski definition) is 2. The molecule has 1 saturated carbocycles. The zero-order valence-electron chi connectivity index (χ0n) is 18.5. The Balaban J connectivity index is 1.34. The Labute approximate surface area is 192 Å². The molecule has 0 aromatic carbocycles. The Morgan fingerprint density at radius 3 is 2.91 bits per heavy atom. The third-order valence-electron chi connectivity index (χ3n) is 6.87. The van der Waals surface area contributed by atoms with Crippen LogP contribution in [-0.2, 0) is 9.53 Å². The van der Waals surface area contributed by atoms with Crippen LogP contribution < -0.4 is 15.5 Å². The van der Waals surface area contributed by atoms with Crippen LogP contribution in [0.1, 0.15) is 41.6 Å². The summed E-state index contributed by atoms with van der Waals surface area (Å²) < 4.78 is 5.33. The van der Waals surface area contributed by atoms with E-state index in [1.54, 1.807) is 35.6 Å². The maximum Gasteiger partial charge on any atom is 0.253 e. The smallest absolute Gasteiger partial charge is 0.253 e. The second-order valence-electron chi connectivity index (χ2n) is 8.98. The van der Waals surface area contributed by atoms with Crippen molar-refractivity contribution in [1.82, 2.24) is 15.3 Å². The molecular formula is C24H26N6O3. The van der Waals surface area contributed by atoms with Gasteiger partial charge in [0.15, 0.2) is 0 Å². The predicted octanol–water partition coefficient (Wildman–Crippen LogP) is 2.70. The minimum absolute atomic E-state index is 0.0148. The second-order valence-corrected chi connectivity index (χ2v) is 8.98. The predicted molar refractivity (Wildman–Crippen MR) is 121 cm³/mol. The quantitative estimate of drug-likeness (QED) is 0.700. The number of anilines is 3. The van der Waals surface area contributed by atoms with Crippen molar-refractivity contribution >= 4 is 29.0 Å². The molecule has 2 aliphatic heterocycles. The summed E-state index contributed by atoms with van der Waals surface area (Å²) in [5.41, 5.74) is 1.72. The van der Waals surface area contributed by atoms with Gasteiger partial charge in [-0.05, 0) is 50.2 Å². The molecule has 2 aromatic rings. The van der Waals surface area contributed by atoms with Gasteiger partial charge in [-0.2, -0.15) is 5.26 Å². The van der Waals surface area contributed by atoms with Crippen LogP contribution in [0.2, 0.25) is 0 Å². The minimum atomic E-state index is -0.885. The Bertz CT molecular complexity index is 1140. The summed E-state index contributed by atoms with van der Waals surface area (Å²) in [6, 6.07) is 5.90. The molecule has 3 aliphatic rings. The second kappa shape index (κ2) is 8.45. The summed E-state index contributed by atoms with van der Waals surface area (Å²) in [6.07, 6.45) is 8.08. The molecule has 2 atom stereocenters. The molecule has 2 amide bonds. The number of nitrogens with zero attached hydrogens (tertiary/aromatic N) is 4. The zero-order valence-corrected chi connectivity index (χ0v) is 18.5. The lowest BCUT2D eigenvalue weighted by atomic mass is 9.83. The van der Waals surface area contributed by atoms with Crippen molar-refractivity contribution < 1.29 is 14.3 Å². The van der Waals surface area contributed by atoms with Crippen molar-refractivity contribution in [3.63, 3.8) is 0 Å². The number of pyridine rings is 2. The highest BCUT2D eigenvalue weighted by atomic mass is 16.5. The van der Waals surface area contributed by atoms with E-state index in [0.29, 0.717) is 48.9 Å². The van der Waals surface area contributed by atoms with E-state index in [1.807, 2.05) is 6.92 Å². The molecular weight excluding hydrogens is 420 g/mol. The first kappa shape index (κ1) is 21.3. The molecule has 9 nitrogen and oxygen atoms in total. The number of nitriles is 1. The topological polar surface area (TPSA) is 120 Å². The van der Waals surface area contributed by atoms with Gasteiger partial charge >= 0.3 is 0 Å². The van der Waals surface area contributed by atoms with Crippen LogP contribution in [-0.4, -0.2) is 47.6 Å². The summed E-state index contributed by atoms with van der Waals surface area (Å²) >= 11 is 0. The molecule has 0 radical (unpaired) electrons. The van der Waals surface area contributed by atoms with Crippen LogP contribution in [0.3, 0.4) is 0 Å². The molecule has 2 saturated heterocycles. The largest absolute Gasteiger partial charge is 0.379 e. The van der Waals surface area contributed by atoms with Crippen molar-refractivity contribution in [2.24, 2.45) is 11.3 Å². The van der Waals surface area contributed by atoms with Crippen molar-refractivity contribution in [2.45, 2.75) is 38.6 Å². The van der Waals surface area contributed by atoms with Gasteiger partial charge in [-0.3, -0.25) is 14.6 Å². The Kier molecular flexibility index (Phi) is 5.46. The number of hydrogen-bond acceptors (Lipinski definition) is 7. The Morgan fingerprint density at radius 1 is 1.33 bits per heavy atom. The lowest BCUT2D eigenvalue weighted by Crippen LogP contribution is -2.35. The molecule has 2 aromatic heterocycles. The summed E-state index contributed by atoms with van der Waals surface area (Å²) in [5, 5.41) is 15.9. The average Bonchev–Trinajstić information content (AvgIpc) is 3.44. The highest BCUT2D eigenvalue weighted by molar-refractivity contribution is 6.02. The fourth-order valence-electron chi connectivity index (χ4n) is 4.72. The number of carbonyl (C=O) groups is 2. The first-order valence-electron chi connectivity index (χ1n) is 11.3. The molecule has 0 bridgehead atoms. The van der Waals surface area contributed by atoms with Crippen LogP contribution >= 0.6 is 0 Å². The lowest BCUT2D eigenvalue weighted by molar-refractivity contribution is -0.123. The molecule has 0 unspecified atom stereocenters. The fraction of sp³-hybridized carbons (Fsp3) is 0.458. The van der Waals surface area contributed by atoms with E-state index in [-0.39, 0.29) is 23.8 Å². The number of ether oxygens (including phenoxy) is 1. The zero-order chi connectivity index (χ0) is 23.0. The van der Waals surface area contributed by atoms with Crippen LogP contribution in [0.5, 0.6) is 0 Å². The van der Waals surface area contributed by atoms with E-state index in [4.69, 9.17) is 4.74 Å². The normalized spacial score (nSPS) is 24.5. The van der Waals surface area contributed by atoms with E-state index < -0.39 is 5.41 Å². The van der Waals surface area contributed by atoms with Crippen molar-refractivity contribution in [3.05, 3.63) is 41.9 Å². The van der Waals surface area contributed by atoms with Gasteiger partial charge < -0.3 is 20.3 Å². The van der Waals surface area contributed by atoms with Gasteiger partial charge in [-0.15, -0.1) is 0 Å². The molecule has 3 fully saturated rings. The van der Waals surface area contributed by atoms with Crippen molar-refractivity contribution in [3.8, 4) is 6.07 Å². The molecule has 4 heterocycles. The number of carbonyl (C=O) groups excluding carboxylic acids is 2. The van der Waals surface area contributed by atoms with Gasteiger partial charge in [0.05, 0.1) is 36.2 Å². The number of aromatic nitrogens is 2. The van der Waals surface area contributed by atoms with Gasteiger partial charge in [0.2, 0.25) is 5.91 Å². The highest BCUT2D eigenvalue weighted by Crippen LogP contribution is 2.51. The van der Waals surface area contributed by atoms with E-state index >= 15 is 0 Å². The summed E-state index contributed by atoms with van der Waals surface area (Å²) in [5.74, 6) is 0.416. The van der Waals surface area contributed by atoms with Crippen molar-refractivity contribution in [2.75, 3.05) is 30.0 Å². The number of amides is 2. The summed E-state index contributed by atoms with van der Waals surface area (Å²) in [4.78, 5) is 36.1.